The van der Waals surface area contributed by atoms with Gasteiger partial charge < -0.3 is 10.5 Å². The van der Waals surface area contributed by atoms with Gasteiger partial charge in [0.25, 0.3) is 0 Å². The highest BCUT2D eigenvalue weighted by Crippen LogP contribution is 2.30. The SMILES string of the molecule is CC(N)C(=O)c1c(Br)nn2c1OCCC2. The van der Waals surface area contributed by atoms with E-state index in [9.17, 15) is 4.79 Å². The van der Waals surface area contributed by atoms with Crippen molar-refractivity contribution in [2.24, 2.45) is 5.73 Å². The fourth-order valence-electron chi connectivity index (χ4n) is 1.53. The molecule has 0 saturated heterocycles. The summed E-state index contributed by atoms with van der Waals surface area (Å²) in [5.74, 6) is 0.389. The number of carbonyl (C=O) groups excluding carboxylic acids is 1. The smallest absolute Gasteiger partial charge is 0.224 e. The zero-order valence-corrected chi connectivity index (χ0v) is 9.95. The lowest BCUT2D eigenvalue weighted by Gasteiger charge is -2.15. The number of fused-ring (bicyclic) bond motifs is 1. The van der Waals surface area contributed by atoms with Crippen molar-refractivity contribution in [2.75, 3.05) is 6.61 Å². The van der Waals surface area contributed by atoms with E-state index in [2.05, 4.69) is 21.0 Å². The topological polar surface area (TPSA) is 70.1 Å². The van der Waals surface area contributed by atoms with E-state index in [1.54, 1.807) is 11.6 Å². The number of aryl methyl sites for hydroxylation is 1. The molecule has 0 saturated carbocycles. The third-order valence-electron chi connectivity index (χ3n) is 2.28. The molecule has 0 aromatic carbocycles. The molecule has 0 radical (unpaired) electrons. The molecule has 1 atom stereocenters. The zero-order chi connectivity index (χ0) is 11.0. The van der Waals surface area contributed by atoms with Gasteiger partial charge in [0.15, 0.2) is 5.78 Å². The van der Waals surface area contributed by atoms with Gasteiger partial charge in [-0.25, -0.2) is 4.68 Å². The molecule has 0 amide bonds. The highest BCUT2D eigenvalue weighted by atomic mass is 79.9. The Kier molecular flexibility index (Phi) is 2.79. The summed E-state index contributed by atoms with van der Waals surface area (Å²) >= 11 is 3.26. The van der Waals surface area contributed by atoms with Crippen LogP contribution in [0.15, 0.2) is 4.60 Å². The van der Waals surface area contributed by atoms with Gasteiger partial charge in [0.05, 0.1) is 12.6 Å². The molecule has 2 N–H and O–H groups in total. The molecular weight excluding hydrogens is 262 g/mol. The summed E-state index contributed by atoms with van der Waals surface area (Å²) in [5.41, 5.74) is 6.03. The highest BCUT2D eigenvalue weighted by Gasteiger charge is 2.27. The van der Waals surface area contributed by atoms with Gasteiger partial charge in [0, 0.05) is 13.0 Å². The molecule has 0 bridgehead atoms. The van der Waals surface area contributed by atoms with E-state index < -0.39 is 6.04 Å². The number of ketones is 1. The van der Waals surface area contributed by atoms with E-state index in [4.69, 9.17) is 10.5 Å². The molecule has 6 heteroatoms. The molecule has 82 valence electrons. The van der Waals surface area contributed by atoms with E-state index >= 15 is 0 Å². The molecular formula is C9H12BrN3O2. The second kappa shape index (κ2) is 3.94. The van der Waals surface area contributed by atoms with Crippen molar-refractivity contribution in [3.63, 3.8) is 0 Å². The minimum absolute atomic E-state index is 0.148. The number of nitrogens with two attached hydrogens (primary N) is 1. The predicted octanol–water partition coefficient (Wildman–Crippen LogP) is 0.958. The number of hydrogen-bond donors (Lipinski definition) is 1. The molecule has 1 unspecified atom stereocenters. The van der Waals surface area contributed by atoms with Crippen molar-refractivity contribution in [3.05, 3.63) is 10.2 Å². The Morgan fingerprint density at radius 3 is 3.13 bits per heavy atom. The molecule has 0 spiro atoms. The van der Waals surface area contributed by atoms with Gasteiger partial charge in [0.1, 0.15) is 10.2 Å². The van der Waals surface area contributed by atoms with Gasteiger partial charge in [-0.05, 0) is 22.9 Å². The number of ether oxygens (including phenoxy) is 1. The van der Waals surface area contributed by atoms with Gasteiger partial charge >= 0.3 is 0 Å². The standard InChI is InChI=1S/C9H12BrN3O2/c1-5(11)7(14)6-8(10)12-13-3-2-4-15-9(6)13/h5H,2-4,11H2,1H3. The van der Waals surface area contributed by atoms with Crippen LogP contribution in [-0.4, -0.2) is 28.2 Å². The van der Waals surface area contributed by atoms with Gasteiger partial charge in [-0.3, -0.25) is 4.79 Å². The van der Waals surface area contributed by atoms with Gasteiger partial charge in [-0.2, -0.15) is 5.10 Å². The summed E-state index contributed by atoms with van der Waals surface area (Å²) < 4.78 is 7.65. The van der Waals surface area contributed by atoms with Crippen LogP contribution in [0.4, 0.5) is 0 Å². The first-order valence-electron chi connectivity index (χ1n) is 4.80. The van der Waals surface area contributed by atoms with Crippen molar-refractivity contribution in [2.45, 2.75) is 25.9 Å². The minimum Gasteiger partial charge on any atom is -0.477 e. The van der Waals surface area contributed by atoms with Crippen LogP contribution in [0.25, 0.3) is 0 Å². The van der Waals surface area contributed by atoms with Crippen LogP contribution in [0.2, 0.25) is 0 Å². The van der Waals surface area contributed by atoms with E-state index in [-0.39, 0.29) is 5.78 Å². The van der Waals surface area contributed by atoms with Gasteiger partial charge in [-0.1, -0.05) is 0 Å². The number of halogens is 1. The molecule has 15 heavy (non-hydrogen) atoms. The van der Waals surface area contributed by atoms with Crippen molar-refractivity contribution < 1.29 is 9.53 Å². The zero-order valence-electron chi connectivity index (χ0n) is 8.36. The maximum absolute atomic E-state index is 11.8. The summed E-state index contributed by atoms with van der Waals surface area (Å²) in [6, 6.07) is -0.541. The Hall–Kier alpha value is -0.880. The Morgan fingerprint density at radius 1 is 1.73 bits per heavy atom. The first-order chi connectivity index (χ1) is 7.11. The monoisotopic (exact) mass is 273 g/mol. The Labute approximate surface area is 95.7 Å². The Balaban J connectivity index is 2.46. The highest BCUT2D eigenvalue weighted by molar-refractivity contribution is 9.10. The lowest BCUT2D eigenvalue weighted by molar-refractivity contribution is 0.0960. The molecule has 1 aliphatic rings. The normalized spacial score (nSPS) is 16.7. The molecule has 5 nitrogen and oxygen atoms in total. The molecule has 0 fully saturated rings. The molecule has 2 heterocycles. The first-order valence-corrected chi connectivity index (χ1v) is 5.59. The van der Waals surface area contributed by atoms with Gasteiger partial charge in [-0.15, -0.1) is 0 Å². The van der Waals surface area contributed by atoms with Crippen LogP contribution in [0.3, 0.4) is 0 Å². The molecule has 0 aliphatic carbocycles. The van der Waals surface area contributed by atoms with Crippen molar-refractivity contribution in [3.8, 4) is 5.88 Å². The van der Waals surface area contributed by atoms with Crippen molar-refractivity contribution >= 4 is 21.7 Å². The number of hydrogen-bond acceptors (Lipinski definition) is 4. The second-order valence-corrected chi connectivity index (χ2v) is 4.30. The lowest BCUT2D eigenvalue weighted by Crippen LogP contribution is -2.27. The molecule has 1 aliphatic heterocycles. The first kappa shape index (κ1) is 10.6. The third kappa shape index (κ3) is 1.79. The van der Waals surface area contributed by atoms with Crippen LogP contribution in [0.1, 0.15) is 23.7 Å². The number of Topliss-reactive ketones (excluding diaryl/α,β-unsaturated/α-hetero) is 1. The third-order valence-corrected chi connectivity index (χ3v) is 2.83. The summed E-state index contributed by atoms with van der Waals surface area (Å²) in [6.07, 6.45) is 0.910. The maximum atomic E-state index is 11.8. The number of aromatic nitrogens is 2. The lowest BCUT2D eigenvalue weighted by atomic mass is 10.1. The average Bonchev–Trinajstić information content (AvgIpc) is 2.52. The van der Waals surface area contributed by atoms with Gasteiger partial charge in [0.2, 0.25) is 5.88 Å². The van der Waals surface area contributed by atoms with Crippen molar-refractivity contribution in [1.29, 1.82) is 0 Å². The predicted molar refractivity (Wildman–Crippen MR) is 58.0 cm³/mol. The fourth-order valence-corrected chi connectivity index (χ4v) is 2.09. The summed E-state index contributed by atoms with van der Waals surface area (Å²) in [4.78, 5) is 11.8. The largest absolute Gasteiger partial charge is 0.477 e. The molecule has 1 aromatic rings. The average molecular weight is 274 g/mol. The Bertz CT molecular complexity index is 400. The van der Waals surface area contributed by atoms with Crippen molar-refractivity contribution in [1.82, 2.24) is 9.78 Å². The van der Waals surface area contributed by atoms with Crippen LogP contribution in [0.5, 0.6) is 5.88 Å². The summed E-state index contributed by atoms with van der Waals surface area (Å²) in [6.45, 7) is 3.05. The second-order valence-electron chi connectivity index (χ2n) is 3.55. The fraction of sp³-hybridized carbons (Fsp3) is 0.556. The molecule has 2 rings (SSSR count). The number of nitrogens with zero attached hydrogens (tertiary/aromatic N) is 2. The summed E-state index contributed by atoms with van der Waals surface area (Å²) in [5, 5.41) is 4.19. The van der Waals surface area contributed by atoms with Crippen LogP contribution in [0, 0.1) is 0 Å². The van der Waals surface area contributed by atoms with E-state index in [0.717, 1.165) is 13.0 Å². The molecule has 1 aromatic heterocycles. The van der Waals surface area contributed by atoms with E-state index in [1.165, 1.54) is 0 Å². The van der Waals surface area contributed by atoms with E-state index in [0.29, 0.717) is 22.7 Å². The van der Waals surface area contributed by atoms with E-state index in [1.807, 2.05) is 0 Å². The quantitative estimate of drug-likeness (QED) is 0.815. The maximum Gasteiger partial charge on any atom is 0.224 e. The minimum atomic E-state index is -0.541. The Morgan fingerprint density at radius 2 is 2.47 bits per heavy atom. The number of rotatable bonds is 2. The number of carbonyl (C=O) groups is 1. The van der Waals surface area contributed by atoms with Crippen LogP contribution >= 0.6 is 15.9 Å². The van der Waals surface area contributed by atoms with Crippen LogP contribution in [-0.2, 0) is 6.54 Å². The summed E-state index contributed by atoms with van der Waals surface area (Å²) in [7, 11) is 0. The van der Waals surface area contributed by atoms with Crippen LogP contribution < -0.4 is 10.5 Å².